The molecule has 0 spiro atoms. The lowest BCUT2D eigenvalue weighted by Crippen LogP contribution is -2.43. The molecule has 0 atom stereocenters. The molecule has 0 aromatic heterocycles. The van der Waals surface area contributed by atoms with Crippen LogP contribution in [0.2, 0.25) is 0 Å². The van der Waals surface area contributed by atoms with E-state index < -0.39 is 21.7 Å². The van der Waals surface area contributed by atoms with Crippen LogP contribution < -0.4 is 31.5 Å². The van der Waals surface area contributed by atoms with E-state index in [2.05, 4.69) is 23.6 Å². The topological polar surface area (TPSA) is 74.8 Å². The van der Waals surface area contributed by atoms with Crippen LogP contribution in [0.25, 0.3) is 34.4 Å². The number of unbranched alkanes of at least 4 members (excludes halogenated alkanes) is 2. The number of hydrogen-bond donors (Lipinski definition) is 0. The Morgan fingerprint density at radius 2 is 0.976 bits per heavy atom. The highest BCUT2D eigenvalue weighted by Gasteiger charge is 2.31. The molecule has 0 saturated carbocycles. The molecule has 0 bridgehead atoms. The van der Waals surface area contributed by atoms with Gasteiger partial charge in [-0.05, 0) is 60.4 Å². The summed E-state index contributed by atoms with van der Waals surface area (Å²) in [5, 5.41) is 0. The third-order valence-corrected chi connectivity index (χ3v) is 8.17. The zero-order valence-electron chi connectivity index (χ0n) is 23.9. The second-order valence-corrected chi connectivity index (χ2v) is 10.9. The number of para-hydroxylation sites is 2. The van der Waals surface area contributed by atoms with Crippen LogP contribution in [0.5, 0.6) is 0 Å². The maximum absolute atomic E-state index is 12.9. The summed E-state index contributed by atoms with van der Waals surface area (Å²) in [7, 11) is 0. The SMILES string of the molecule is CCCCN1C=C/C(=C/c2c(-c3c(/C=C4/C=CN(CCCC)c5ccccc54)c(=O)c3=O)c(=O)c2=O)c2ccccc21. The zero-order valence-corrected chi connectivity index (χ0v) is 23.9. The fourth-order valence-electron chi connectivity index (χ4n) is 5.82. The van der Waals surface area contributed by atoms with Crippen LogP contribution in [-0.2, 0) is 0 Å². The van der Waals surface area contributed by atoms with Crippen molar-refractivity contribution >= 4 is 34.7 Å². The van der Waals surface area contributed by atoms with E-state index in [0.29, 0.717) is 0 Å². The molecule has 42 heavy (non-hydrogen) atoms. The highest BCUT2D eigenvalue weighted by Crippen LogP contribution is 2.37. The number of benzene rings is 2. The highest BCUT2D eigenvalue weighted by atomic mass is 16.2. The molecule has 0 aliphatic carbocycles. The average Bonchev–Trinajstić information content (AvgIpc) is 3.03. The second-order valence-electron chi connectivity index (χ2n) is 10.9. The normalized spacial score (nSPS) is 16.1. The molecular weight excluding hydrogens is 524 g/mol. The van der Waals surface area contributed by atoms with Crippen LogP contribution in [0, 0.1) is 0 Å². The number of anilines is 2. The largest absolute Gasteiger partial charge is 0.347 e. The van der Waals surface area contributed by atoms with Gasteiger partial charge in [0.1, 0.15) is 0 Å². The molecule has 0 unspecified atom stereocenters. The molecule has 2 aliphatic rings. The molecule has 210 valence electrons. The van der Waals surface area contributed by atoms with Gasteiger partial charge in [0.15, 0.2) is 0 Å². The number of nitrogens with zero attached hydrogens (tertiary/aromatic N) is 2. The van der Waals surface area contributed by atoms with Crippen molar-refractivity contribution in [3.05, 3.63) is 136 Å². The summed E-state index contributed by atoms with van der Waals surface area (Å²) in [6, 6.07) is 15.9. The number of fused-ring (bicyclic) bond motifs is 2. The Kier molecular flexibility index (Phi) is 7.29. The van der Waals surface area contributed by atoms with Gasteiger partial charge in [0, 0.05) is 70.2 Å². The van der Waals surface area contributed by atoms with Gasteiger partial charge < -0.3 is 9.80 Å². The first-order valence-corrected chi connectivity index (χ1v) is 14.6. The van der Waals surface area contributed by atoms with E-state index in [4.69, 9.17) is 0 Å². The molecule has 6 rings (SSSR count). The minimum atomic E-state index is -0.725. The van der Waals surface area contributed by atoms with Crippen LogP contribution in [0.1, 0.15) is 61.8 Å². The van der Waals surface area contributed by atoms with Crippen molar-refractivity contribution in [1.82, 2.24) is 0 Å². The van der Waals surface area contributed by atoms with Crippen molar-refractivity contribution in [3.8, 4) is 11.1 Å². The van der Waals surface area contributed by atoms with Gasteiger partial charge in [-0.2, -0.15) is 0 Å². The molecule has 0 radical (unpaired) electrons. The summed E-state index contributed by atoms with van der Waals surface area (Å²) >= 11 is 0. The van der Waals surface area contributed by atoms with Crippen molar-refractivity contribution in [2.45, 2.75) is 39.5 Å². The maximum atomic E-state index is 12.9. The third-order valence-electron chi connectivity index (χ3n) is 8.17. The molecule has 0 amide bonds. The monoisotopic (exact) mass is 556 g/mol. The van der Waals surface area contributed by atoms with Gasteiger partial charge in [-0.3, -0.25) is 19.2 Å². The molecule has 4 aromatic rings. The average molecular weight is 557 g/mol. The molecule has 0 fully saturated rings. The summed E-state index contributed by atoms with van der Waals surface area (Å²) in [5.41, 5.74) is 3.19. The molecule has 6 heteroatoms. The van der Waals surface area contributed by atoms with E-state index in [1.54, 1.807) is 12.2 Å². The van der Waals surface area contributed by atoms with Crippen LogP contribution in [0.4, 0.5) is 11.4 Å². The van der Waals surface area contributed by atoms with Crippen molar-refractivity contribution in [2.75, 3.05) is 22.9 Å². The lowest BCUT2D eigenvalue weighted by atomic mass is 9.84. The first-order chi connectivity index (χ1) is 20.4. The molecule has 2 heterocycles. The molecule has 6 nitrogen and oxygen atoms in total. The van der Waals surface area contributed by atoms with Gasteiger partial charge >= 0.3 is 0 Å². The van der Waals surface area contributed by atoms with Gasteiger partial charge in [0.25, 0.3) is 0 Å². The minimum absolute atomic E-state index is 0.0425. The predicted molar refractivity (Wildman–Crippen MR) is 173 cm³/mol. The van der Waals surface area contributed by atoms with Crippen molar-refractivity contribution in [2.24, 2.45) is 0 Å². The van der Waals surface area contributed by atoms with Crippen LogP contribution in [-0.4, -0.2) is 13.1 Å². The summed E-state index contributed by atoms with van der Waals surface area (Å²) in [4.78, 5) is 55.8. The number of hydrogen-bond acceptors (Lipinski definition) is 6. The van der Waals surface area contributed by atoms with Crippen molar-refractivity contribution in [1.29, 1.82) is 0 Å². The third kappa shape index (κ3) is 4.53. The highest BCUT2D eigenvalue weighted by molar-refractivity contribution is 6.01. The summed E-state index contributed by atoms with van der Waals surface area (Å²) in [6.45, 7) is 6.04. The van der Waals surface area contributed by atoms with Gasteiger partial charge in [0.05, 0.1) is 0 Å². The molecular formula is C36H32N2O4. The van der Waals surface area contributed by atoms with Gasteiger partial charge in [-0.25, -0.2) is 0 Å². The Bertz CT molecular complexity index is 1810. The Hall–Kier alpha value is -4.84. The Balaban J connectivity index is 1.41. The first kappa shape index (κ1) is 27.3. The summed E-state index contributed by atoms with van der Waals surface area (Å²) < 4.78 is 0. The lowest BCUT2D eigenvalue weighted by molar-refractivity contribution is 0.781. The first-order valence-electron chi connectivity index (χ1n) is 14.6. The summed E-state index contributed by atoms with van der Waals surface area (Å²) in [6.07, 6.45) is 15.4. The van der Waals surface area contributed by atoms with Gasteiger partial charge in [0.2, 0.25) is 21.7 Å². The van der Waals surface area contributed by atoms with Gasteiger partial charge in [-0.15, -0.1) is 0 Å². The smallest absolute Gasteiger partial charge is 0.235 e. The standard InChI is InChI=1S/C36H32N2O4/c1-3-5-17-37-19-15-23(25-11-7-9-13-29(25)37)21-27-31(35(41)33(27)39)32-28(34(40)36(32)42)22-24-16-20-38(18-6-4-2)30-14-10-8-12-26(24)30/h7-16,19-22H,3-6,17-18H2,1-2H3/b23-21-,24-22-. The molecule has 2 aliphatic heterocycles. The summed E-state index contributed by atoms with van der Waals surface area (Å²) in [5.74, 6) is 0. The second kappa shape index (κ2) is 11.2. The fraction of sp³-hybridized carbons (Fsp3) is 0.222. The van der Waals surface area contributed by atoms with E-state index in [0.717, 1.165) is 72.4 Å². The Labute approximate surface area is 244 Å². The Morgan fingerprint density at radius 1 is 0.571 bits per heavy atom. The predicted octanol–water partition coefficient (Wildman–Crippen LogP) is 5.89. The van der Waals surface area contributed by atoms with E-state index >= 15 is 0 Å². The maximum Gasteiger partial charge on any atom is 0.235 e. The van der Waals surface area contributed by atoms with Crippen LogP contribution in [0.3, 0.4) is 0 Å². The minimum Gasteiger partial charge on any atom is -0.347 e. The van der Waals surface area contributed by atoms with E-state index in [-0.39, 0.29) is 22.3 Å². The Morgan fingerprint density at radius 3 is 1.38 bits per heavy atom. The van der Waals surface area contributed by atoms with E-state index in [1.165, 1.54) is 0 Å². The van der Waals surface area contributed by atoms with E-state index in [1.807, 2.05) is 73.1 Å². The van der Waals surface area contributed by atoms with E-state index in [9.17, 15) is 19.2 Å². The molecule has 0 N–H and O–H groups in total. The number of allylic oxidation sites excluding steroid dienone is 4. The van der Waals surface area contributed by atoms with Crippen LogP contribution >= 0.6 is 0 Å². The van der Waals surface area contributed by atoms with Gasteiger partial charge in [-0.1, -0.05) is 63.1 Å². The van der Waals surface area contributed by atoms with Crippen molar-refractivity contribution in [3.63, 3.8) is 0 Å². The number of rotatable bonds is 9. The quantitative estimate of drug-likeness (QED) is 0.239. The zero-order chi connectivity index (χ0) is 29.4. The molecule has 0 saturated heterocycles. The lowest BCUT2D eigenvalue weighted by Gasteiger charge is -2.28. The van der Waals surface area contributed by atoms with Crippen LogP contribution in [0.15, 0.2) is 92.3 Å². The van der Waals surface area contributed by atoms with Crippen molar-refractivity contribution < 1.29 is 0 Å². The molecule has 4 aromatic carbocycles. The fourth-order valence-corrected chi connectivity index (χ4v) is 5.82.